The van der Waals surface area contributed by atoms with E-state index < -0.39 is 18.0 Å². The number of nitrogens with zero attached hydrogens (tertiary/aromatic N) is 1. The van der Waals surface area contributed by atoms with Gasteiger partial charge in [0.05, 0.1) is 12.2 Å². The summed E-state index contributed by atoms with van der Waals surface area (Å²) in [5.41, 5.74) is -0.654. The van der Waals surface area contributed by atoms with Crippen LogP contribution in [0.25, 0.3) is 6.08 Å². The monoisotopic (exact) mass is 309 g/mol. The van der Waals surface area contributed by atoms with E-state index in [0.717, 1.165) is 6.07 Å². The summed E-state index contributed by atoms with van der Waals surface area (Å²) in [6, 6.07) is 2.12. The first-order chi connectivity index (χ1) is 9.25. The zero-order valence-corrected chi connectivity index (χ0v) is 11.7. The number of methoxy groups -OCH3 is 1. The third-order valence-corrected chi connectivity index (χ3v) is 2.98. The Kier molecular flexibility index (Phi) is 5.98. The minimum atomic E-state index is -4.51. The van der Waals surface area contributed by atoms with E-state index in [-0.39, 0.29) is 11.3 Å². The molecule has 0 saturated heterocycles. The molecule has 1 aromatic heterocycles. The van der Waals surface area contributed by atoms with E-state index in [1.54, 1.807) is 19.1 Å². The third-order valence-electron chi connectivity index (χ3n) is 2.67. The second-order valence-electron chi connectivity index (χ2n) is 4.23. The van der Waals surface area contributed by atoms with Crippen molar-refractivity contribution in [2.45, 2.75) is 31.7 Å². The molecule has 0 aromatic carbocycles. The summed E-state index contributed by atoms with van der Waals surface area (Å²) in [7, 11) is 1.47. The lowest BCUT2D eigenvalue weighted by Gasteiger charge is -2.15. The predicted molar refractivity (Wildman–Crippen MR) is 70.4 cm³/mol. The Balaban J connectivity index is 2.79. The van der Waals surface area contributed by atoms with Crippen molar-refractivity contribution in [3.8, 4) is 0 Å². The summed E-state index contributed by atoms with van der Waals surface area (Å²) in [5.74, 6) is 0. The molecule has 3 nitrogen and oxygen atoms in total. The molecule has 1 rings (SSSR count). The Morgan fingerprint density at radius 2 is 2.10 bits per heavy atom. The largest absolute Gasteiger partial charge is 0.433 e. The van der Waals surface area contributed by atoms with Gasteiger partial charge in [-0.25, -0.2) is 4.98 Å². The summed E-state index contributed by atoms with van der Waals surface area (Å²) in [6.07, 6.45) is -1.93. The van der Waals surface area contributed by atoms with E-state index in [0.29, 0.717) is 12.0 Å². The summed E-state index contributed by atoms with van der Waals surface area (Å²) < 4.78 is 42.3. The predicted octanol–water partition coefficient (Wildman–Crippen LogP) is 3.55. The molecule has 2 atom stereocenters. The van der Waals surface area contributed by atoms with Gasteiger partial charge in [0, 0.05) is 12.7 Å². The second kappa shape index (κ2) is 7.06. The number of aromatic nitrogens is 1. The molecule has 0 amide bonds. The van der Waals surface area contributed by atoms with Gasteiger partial charge < -0.3 is 9.84 Å². The smallest absolute Gasteiger partial charge is 0.391 e. The van der Waals surface area contributed by atoms with Gasteiger partial charge >= 0.3 is 6.18 Å². The minimum absolute atomic E-state index is 0.220. The first kappa shape index (κ1) is 16.9. The van der Waals surface area contributed by atoms with Crippen LogP contribution in [0.15, 0.2) is 18.2 Å². The van der Waals surface area contributed by atoms with E-state index in [4.69, 9.17) is 16.3 Å². The van der Waals surface area contributed by atoms with Crippen LogP contribution in [-0.4, -0.2) is 29.4 Å². The maximum absolute atomic E-state index is 12.4. The van der Waals surface area contributed by atoms with Crippen molar-refractivity contribution in [2.75, 3.05) is 7.11 Å². The Morgan fingerprint density at radius 3 is 2.55 bits per heavy atom. The van der Waals surface area contributed by atoms with Gasteiger partial charge in [0.2, 0.25) is 0 Å². The van der Waals surface area contributed by atoms with E-state index >= 15 is 0 Å². The lowest BCUT2D eigenvalue weighted by atomic mass is 10.1. The van der Waals surface area contributed by atoms with Crippen LogP contribution in [0.4, 0.5) is 13.2 Å². The highest BCUT2D eigenvalue weighted by Crippen LogP contribution is 2.29. The summed E-state index contributed by atoms with van der Waals surface area (Å²) in [4.78, 5) is 3.31. The third kappa shape index (κ3) is 4.77. The van der Waals surface area contributed by atoms with E-state index in [1.165, 1.54) is 13.2 Å². The molecule has 0 fully saturated rings. The molecule has 20 heavy (non-hydrogen) atoms. The van der Waals surface area contributed by atoms with Crippen LogP contribution in [0.3, 0.4) is 0 Å². The number of ether oxygens (including phenoxy) is 1. The minimum Gasteiger partial charge on any atom is -0.391 e. The number of rotatable bonds is 5. The molecule has 0 aliphatic rings. The van der Waals surface area contributed by atoms with Crippen LogP contribution in [0.1, 0.15) is 24.6 Å². The van der Waals surface area contributed by atoms with E-state index in [2.05, 4.69) is 4.98 Å². The molecular weight excluding hydrogens is 295 g/mol. The number of hydrogen-bond acceptors (Lipinski definition) is 3. The van der Waals surface area contributed by atoms with Gasteiger partial charge in [-0.1, -0.05) is 23.8 Å². The van der Waals surface area contributed by atoms with Gasteiger partial charge in [0.1, 0.15) is 10.8 Å². The molecule has 0 radical (unpaired) electrons. The average Bonchev–Trinajstić information content (AvgIpc) is 2.34. The van der Waals surface area contributed by atoms with Crippen molar-refractivity contribution in [2.24, 2.45) is 0 Å². The highest BCUT2D eigenvalue weighted by Gasteiger charge is 2.32. The summed E-state index contributed by atoms with van der Waals surface area (Å²) in [5, 5.41) is 9.15. The first-order valence-corrected chi connectivity index (χ1v) is 6.24. The zero-order valence-electron chi connectivity index (χ0n) is 11.0. The molecule has 0 unspecified atom stereocenters. The van der Waals surface area contributed by atoms with Crippen molar-refractivity contribution in [3.05, 3.63) is 34.6 Å². The highest BCUT2D eigenvalue weighted by atomic mass is 35.5. The van der Waals surface area contributed by atoms with Crippen LogP contribution in [0, 0.1) is 0 Å². The molecule has 0 spiro atoms. The Morgan fingerprint density at radius 1 is 1.45 bits per heavy atom. The molecule has 112 valence electrons. The van der Waals surface area contributed by atoms with Crippen LogP contribution in [0.5, 0.6) is 0 Å². The van der Waals surface area contributed by atoms with Gasteiger partial charge in [-0.05, 0) is 25.5 Å². The fourth-order valence-electron chi connectivity index (χ4n) is 1.55. The van der Waals surface area contributed by atoms with Crippen molar-refractivity contribution in [3.63, 3.8) is 0 Å². The maximum Gasteiger partial charge on any atom is 0.433 e. The Labute approximate surface area is 120 Å². The van der Waals surface area contributed by atoms with Gasteiger partial charge in [0.15, 0.2) is 0 Å². The Hall–Kier alpha value is -1.11. The number of aliphatic hydroxyl groups excluding tert-OH is 1. The molecule has 7 heteroatoms. The van der Waals surface area contributed by atoms with Gasteiger partial charge in [0.25, 0.3) is 0 Å². The maximum atomic E-state index is 12.4. The van der Waals surface area contributed by atoms with Crippen molar-refractivity contribution < 1.29 is 23.0 Å². The van der Waals surface area contributed by atoms with E-state index in [1.807, 2.05) is 0 Å². The number of hydrogen-bond donors (Lipinski definition) is 1. The lowest BCUT2D eigenvalue weighted by Crippen LogP contribution is -2.24. The van der Waals surface area contributed by atoms with Gasteiger partial charge in [-0.3, -0.25) is 0 Å². The molecule has 0 bridgehead atoms. The Bertz CT molecular complexity index is 475. The number of aliphatic hydroxyl groups is 1. The molecule has 1 aromatic rings. The molecule has 0 aliphatic carbocycles. The van der Waals surface area contributed by atoms with Crippen LogP contribution >= 0.6 is 11.6 Å². The fourth-order valence-corrected chi connectivity index (χ4v) is 1.76. The SMILES string of the molecule is CO[C@H](C/C=C/c1ccc(C(F)(F)F)nc1Cl)[C@@H](C)O. The number of halogens is 4. The number of alkyl halides is 3. The standard InChI is InChI=1S/C13H15ClF3NO2/c1-8(19)10(20-2)5-3-4-9-6-7-11(13(15,16)17)18-12(9)14/h3-4,6-8,10,19H,5H2,1-2H3/b4-3+/t8-,10-/m1/s1. The zero-order chi connectivity index (χ0) is 15.3. The molecule has 0 aliphatic heterocycles. The molecule has 1 heterocycles. The van der Waals surface area contributed by atoms with E-state index in [9.17, 15) is 18.3 Å². The normalized spacial score (nSPS) is 15.6. The summed E-state index contributed by atoms with van der Waals surface area (Å²) >= 11 is 5.70. The van der Waals surface area contributed by atoms with Gasteiger partial charge in [-0.2, -0.15) is 13.2 Å². The average molecular weight is 310 g/mol. The van der Waals surface area contributed by atoms with Crippen molar-refractivity contribution >= 4 is 17.7 Å². The summed E-state index contributed by atoms with van der Waals surface area (Å²) in [6.45, 7) is 1.59. The molecular formula is C13H15ClF3NO2. The fraction of sp³-hybridized carbons (Fsp3) is 0.462. The van der Waals surface area contributed by atoms with Crippen LogP contribution in [-0.2, 0) is 10.9 Å². The molecule has 0 saturated carbocycles. The van der Waals surface area contributed by atoms with Crippen molar-refractivity contribution in [1.82, 2.24) is 4.98 Å². The van der Waals surface area contributed by atoms with Crippen LogP contribution in [0.2, 0.25) is 5.15 Å². The quantitative estimate of drug-likeness (QED) is 0.846. The second-order valence-corrected chi connectivity index (χ2v) is 4.59. The van der Waals surface area contributed by atoms with Gasteiger partial charge in [-0.15, -0.1) is 0 Å². The van der Waals surface area contributed by atoms with Crippen molar-refractivity contribution in [1.29, 1.82) is 0 Å². The first-order valence-electron chi connectivity index (χ1n) is 5.87. The molecule has 1 N–H and O–H groups in total. The topological polar surface area (TPSA) is 42.4 Å². The highest BCUT2D eigenvalue weighted by molar-refractivity contribution is 6.30. The lowest BCUT2D eigenvalue weighted by molar-refractivity contribution is -0.141. The van der Waals surface area contributed by atoms with Crippen LogP contribution < -0.4 is 0 Å². The number of pyridine rings is 1.